The minimum atomic E-state index is -4.84. The number of nitriles is 1. The van der Waals surface area contributed by atoms with Crippen LogP contribution in [0, 0.1) is 16.5 Å². The van der Waals surface area contributed by atoms with Crippen molar-refractivity contribution in [2.45, 2.75) is 31.5 Å². The van der Waals surface area contributed by atoms with Crippen LogP contribution >= 0.6 is 15.9 Å². The fourth-order valence-electron chi connectivity index (χ4n) is 2.94. The van der Waals surface area contributed by atoms with Crippen LogP contribution in [0.4, 0.5) is 18.9 Å². The van der Waals surface area contributed by atoms with Crippen LogP contribution in [-0.4, -0.2) is 18.9 Å². The zero-order valence-electron chi connectivity index (χ0n) is 15.2. The monoisotopic (exact) mass is 456 g/mol. The van der Waals surface area contributed by atoms with Gasteiger partial charge in [0.2, 0.25) is 0 Å². The lowest BCUT2D eigenvalue weighted by atomic mass is 9.70. The lowest BCUT2D eigenvalue weighted by Gasteiger charge is -2.43. The van der Waals surface area contributed by atoms with E-state index in [0.717, 1.165) is 6.07 Å². The highest BCUT2D eigenvalue weighted by atomic mass is 79.9. The van der Waals surface area contributed by atoms with Gasteiger partial charge in [-0.25, -0.2) is 0 Å². The van der Waals surface area contributed by atoms with Crippen molar-refractivity contribution in [3.05, 3.63) is 69.1 Å². The smallest absolute Gasteiger partial charge is 0.404 e. The first-order valence-electron chi connectivity index (χ1n) is 8.23. The Kier molecular flexibility index (Phi) is 6.59. The van der Waals surface area contributed by atoms with Crippen molar-refractivity contribution < 1.29 is 17.9 Å². The molecule has 0 bridgehead atoms. The molecule has 5 nitrogen and oxygen atoms in total. The first-order valence-corrected chi connectivity index (χ1v) is 9.02. The molecule has 0 fully saturated rings. The number of anilines is 1. The van der Waals surface area contributed by atoms with Crippen LogP contribution < -0.4 is 10.8 Å². The largest absolute Gasteiger partial charge is 0.760 e. The van der Waals surface area contributed by atoms with Crippen LogP contribution in [0.1, 0.15) is 25.0 Å². The molecule has 0 saturated heterocycles. The normalized spacial score (nSPS) is 19.8. The fraction of sp³-hybridized carbons (Fsp3) is 0.316. The first-order chi connectivity index (χ1) is 13.1. The van der Waals surface area contributed by atoms with Crippen LogP contribution in [0.15, 0.2) is 52.8 Å². The molecular formula is C19H18BrF3N3O2-. The highest BCUT2D eigenvalue weighted by molar-refractivity contribution is 9.11. The van der Waals surface area contributed by atoms with Crippen LogP contribution in [0.3, 0.4) is 0 Å². The summed E-state index contributed by atoms with van der Waals surface area (Å²) in [5.74, 6) is -0.360. The Morgan fingerprint density at radius 3 is 2.68 bits per heavy atom. The summed E-state index contributed by atoms with van der Waals surface area (Å²) >= 11 is 3.13. The molecule has 1 aromatic rings. The summed E-state index contributed by atoms with van der Waals surface area (Å²) in [5, 5.41) is 23.4. The van der Waals surface area contributed by atoms with Crippen LogP contribution in [0.5, 0.6) is 0 Å². The molecule has 9 heteroatoms. The average Bonchev–Trinajstić information content (AvgIpc) is 2.64. The van der Waals surface area contributed by atoms with Crippen molar-refractivity contribution in [1.82, 2.24) is 5.48 Å². The Hall–Kier alpha value is -2.28. The molecule has 0 spiro atoms. The van der Waals surface area contributed by atoms with Crippen molar-refractivity contribution in [2.24, 2.45) is 0 Å². The zero-order chi connectivity index (χ0) is 21.1. The van der Waals surface area contributed by atoms with Gasteiger partial charge >= 0.3 is 6.18 Å². The van der Waals surface area contributed by atoms with Gasteiger partial charge in [-0.2, -0.15) is 18.4 Å². The Balaban J connectivity index is 2.93. The summed E-state index contributed by atoms with van der Waals surface area (Å²) in [7, 11) is 0. The number of hydroxylamine groups is 1. The SMILES string of the molecule is C=C/C(Br)=C\C1=C(N[O-])Nc2ccc(C#N)cc2C1(COC(C)C)C(F)(F)F. The zero-order valence-corrected chi connectivity index (χ0v) is 16.7. The van der Waals surface area contributed by atoms with Gasteiger partial charge in [0.1, 0.15) is 5.41 Å². The molecule has 1 unspecified atom stereocenters. The van der Waals surface area contributed by atoms with Gasteiger partial charge in [0.15, 0.2) is 0 Å². The number of nitrogens with zero attached hydrogens (tertiary/aromatic N) is 1. The molecule has 2 N–H and O–H groups in total. The van der Waals surface area contributed by atoms with Crippen molar-refractivity contribution in [3.63, 3.8) is 0 Å². The Bertz CT molecular complexity index is 872. The van der Waals surface area contributed by atoms with E-state index in [4.69, 9.17) is 4.74 Å². The average molecular weight is 457 g/mol. The number of hydrogen-bond donors (Lipinski definition) is 2. The Labute approximate surface area is 169 Å². The number of alkyl halides is 3. The maximum atomic E-state index is 14.7. The van der Waals surface area contributed by atoms with E-state index >= 15 is 0 Å². The van der Waals surface area contributed by atoms with Crippen molar-refractivity contribution in [3.8, 4) is 6.07 Å². The number of halogens is 4. The Morgan fingerprint density at radius 2 is 2.18 bits per heavy atom. The molecule has 1 aliphatic rings. The molecule has 1 atom stereocenters. The number of allylic oxidation sites excluding steroid dienone is 3. The summed E-state index contributed by atoms with van der Waals surface area (Å²) in [6, 6.07) is 5.73. The van der Waals surface area contributed by atoms with Crippen LogP contribution in [0.25, 0.3) is 0 Å². The van der Waals surface area contributed by atoms with Gasteiger partial charge in [0.25, 0.3) is 0 Å². The molecule has 1 aromatic carbocycles. The van der Waals surface area contributed by atoms with Gasteiger partial charge < -0.3 is 20.7 Å². The van der Waals surface area contributed by atoms with E-state index in [-0.39, 0.29) is 32.7 Å². The van der Waals surface area contributed by atoms with Gasteiger partial charge in [0, 0.05) is 15.7 Å². The molecule has 0 amide bonds. The second-order valence-electron chi connectivity index (χ2n) is 6.38. The fourth-order valence-corrected chi connectivity index (χ4v) is 3.17. The molecule has 28 heavy (non-hydrogen) atoms. The number of nitrogens with one attached hydrogen (secondary N) is 2. The molecule has 0 aliphatic carbocycles. The summed E-state index contributed by atoms with van der Waals surface area (Å²) in [6.07, 6.45) is -2.86. The summed E-state index contributed by atoms with van der Waals surface area (Å²) < 4.78 is 49.6. The number of ether oxygens (including phenoxy) is 1. The quantitative estimate of drug-likeness (QED) is 0.466. The maximum absolute atomic E-state index is 14.7. The third-order valence-corrected chi connectivity index (χ3v) is 4.85. The number of rotatable bonds is 6. The maximum Gasteiger partial charge on any atom is 0.404 e. The predicted molar refractivity (Wildman–Crippen MR) is 104 cm³/mol. The minimum Gasteiger partial charge on any atom is -0.760 e. The first kappa shape index (κ1) is 22.0. The second kappa shape index (κ2) is 8.39. The van der Waals surface area contributed by atoms with Gasteiger partial charge in [-0.1, -0.05) is 28.6 Å². The summed E-state index contributed by atoms with van der Waals surface area (Å²) in [4.78, 5) is 0. The van der Waals surface area contributed by atoms with E-state index in [9.17, 15) is 23.6 Å². The minimum absolute atomic E-state index is 0.0587. The highest BCUT2D eigenvalue weighted by Crippen LogP contribution is 2.53. The van der Waals surface area contributed by atoms with E-state index in [0.29, 0.717) is 0 Å². The molecule has 0 saturated carbocycles. The molecule has 2 rings (SSSR count). The van der Waals surface area contributed by atoms with Crippen LogP contribution in [0.2, 0.25) is 0 Å². The second-order valence-corrected chi connectivity index (χ2v) is 7.30. The number of hydrogen-bond acceptors (Lipinski definition) is 5. The van der Waals surface area contributed by atoms with E-state index < -0.39 is 24.3 Å². The van der Waals surface area contributed by atoms with E-state index in [1.165, 1.54) is 24.3 Å². The van der Waals surface area contributed by atoms with Gasteiger partial charge in [0.05, 0.1) is 30.2 Å². The Morgan fingerprint density at radius 1 is 1.50 bits per heavy atom. The van der Waals surface area contributed by atoms with Crippen LogP contribution in [-0.2, 0) is 10.2 Å². The van der Waals surface area contributed by atoms with E-state index in [1.807, 2.05) is 6.07 Å². The lowest BCUT2D eigenvalue weighted by molar-refractivity contribution is -0.195. The topological polar surface area (TPSA) is 80.1 Å². The van der Waals surface area contributed by atoms with Gasteiger partial charge in [-0.15, -0.1) is 0 Å². The molecule has 0 aromatic heterocycles. The molecule has 1 aliphatic heterocycles. The van der Waals surface area contributed by atoms with Crippen molar-refractivity contribution >= 4 is 21.6 Å². The molecule has 150 valence electrons. The summed E-state index contributed by atoms with van der Waals surface area (Å²) in [5.41, 5.74) is -1.56. The van der Waals surface area contributed by atoms with E-state index in [1.54, 1.807) is 19.3 Å². The van der Waals surface area contributed by atoms with Crippen molar-refractivity contribution in [2.75, 3.05) is 11.9 Å². The lowest BCUT2D eigenvalue weighted by Crippen LogP contribution is -2.52. The molecular weight excluding hydrogens is 439 g/mol. The predicted octanol–water partition coefficient (Wildman–Crippen LogP) is 4.97. The van der Waals surface area contributed by atoms with Gasteiger partial charge in [-0.05, 0) is 43.7 Å². The third kappa shape index (κ3) is 3.94. The molecule has 0 radical (unpaired) electrons. The number of benzene rings is 1. The summed E-state index contributed by atoms with van der Waals surface area (Å²) in [6.45, 7) is 5.98. The highest BCUT2D eigenvalue weighted by Gasteiger charge is 2.61. The number of fused-ring (bicyclic) bond motifs is 1. The van der Waals surface area contributed by atoms with Gasteiger partial charge in [-0.3, -0.25) is 0 Å². The van der Waals surface area contributed by atoms with Crippen molar-refractivity contribution in [1.29, 1.82) is 5.26 Å². The standard InChI is InChI=1S/C19H18BrF3N3O2/c1-4-13(20)8-15-17(26-27)25-16-6-5-12(9-24)7-14(16)18(15,19(21,22)23)10-28-11(2)3/h4-8,11,25-26H,1,10H2,2-3H3/q-1/b13-8+. The molecule has 1 heterocycles. The third-order valence-electron chi connectivity index (χ3n) is 4.29. The van der Waals surface area contributed by atoms with E-state index in [2.05, 4.69) is 27.8 Å².